The second kappa shape index (κ2) is 5.75. The predicted octanol–water partition coefficient (Wildman–Crippen LogP) is 2.34. The van der Waals surface area contributed by atoms with Crippen molar-refractivity contribution in [3.8, 4) is 17.2 Å². The normalized spacial score (nSPS) is 12.8. The number of phenolic OH excluding ortho intramolecular Hbond substituents is 1. The summed E-state index contributed by atoms with van der Waals surface area (Å²) in [6, 6.07) is 12.0. The maximum atomic E-state index is 12.0. The van der Waals surface area contributed by atoms with E-state index in [2.05, 4.69) is 5.32 Å². The van der Waals surface area contributed by atoms with Gasteiger partial charge in [0.25, 0.3) is 0 Å². The minimum absolute atomic E-state index is 0.112. The molecule has 1 amide bonds. The molecule has 2 N–H and O–H groups in total. The summed E-state index contributed by atoms with van der Waals surface area (Å²) < 4.78 is 10.9. The SMILES string of the molecule is O=C(Cc1ccccc1O)Nc1ccc2c(c1)OCCO2. The molecular formula is C16H15NO4. The van der Waals surface area contributed by atoms with Crippen LogP contribution >= 0.6 is 0 Å². The average molecular weight is 285 g/mol. The zero-order chi connectivity index (χ0) is 14.7. The Balaban J connectivity index is 1.69. The van der Waals surface area contributed by atoms with Crippen molar-refractivity contribution in [3.05, 3.63) is 48.0 Å². The van der Waals surface area contributed by atoms with Gasteiger partial charge in [0.05, 0.1) is 6.42 Å². The van der Waals surface area contributed by atoms with Crippen molar-refractivity contribution in [1.29, 1.82) is 0 Å². The zero-order valence-electron chi connectivity index (χ0n) is 11.3. The molecule has 1 aliphatic rings. The topological polar surface area (TPSA) is 67.8 Å². The predicted molar refractivity (Wildman–Crippen MR) is 77.9 cm³/mol. The molecule has 1 aliphatic heterocycles. The summed E-state index contributed by atoms with van der Waals surface area (Å²) in [5.74, 6) is 1.23. The van der Waals surface area contributed by atoms with Crippen LogP contribution in [0.1, 0.15) is 5.56 Å². The molecule has 0 saturated carbocycles. The molecule has 1 heterocycles. The minimum atomic E-state index is -0.201. The number of anilines is 1. The van der Waals surface area contributed by atoms with E-state index in [1.807, 2.05) is 0 Å². The Morgan fingerprint density at radius 3 is 2.67 bits per heavy atom. The number of para-hydroxylation sites is 1. The Bertz CT molecular complexity index is 669. The summed E-state index contributed by atoms with van der Waals surface area (Å²) in [5.41, 5.74) is 1.23. The number of ether oxygens (including phenoxy) is 2. The summed E-state index contributed by atoms with van der Waals surface area (Å²) in [6.07, 6.45) is 0.112. The van der Waals surface area contributed by atoms with Gasteiger partial charge in [-0.25, -0.2) is 0 Å². The molecule has 0 atom stereocenters. The van der Waals surface area contributed by atoms with Gasteiger partial charge in [-0.1, -0.05) is 18.2 Å². The molecule has 2 aromatic rings. The fraction of sp³-hybridized carbons (Fsp3) is 0.188. The first-order valence-corrected chi connectivity index (χ1v) is 6.69. The molecule has 0 aliphatic carbocycles. The molecule has 0 aromatic heterocycles. The van der Waals surface area contributed by atoms with Gasteiger partial charge in [0.15, 0.2) is 11.5 Å². The number of nitrogens with one attached hydrogen (secondary N) is 1. The van der Waals surface area contributed by atoms with Crippen molar-refractivity contribution in [2.45, 2.75) is 6.42 Å². The van der Waals surface area contributed by atoms with Gasteiger partial charge >= 0.3 is 0 Å². The number of hydrogen-bond acceptors (Lipinski definition) is 4. The van der Waals surface area contributed by atoms with Gasteiger partial charge in [0.1, 0.15) is 19.0 Å². The Hall–Kier alpha value is -2.69. The van der Waals surface area contributed by atoms with Crippen LogP contribution in [0.5, 0.6) is 17.2 Å². The van der Waals surface area contributed by atoms with Crippen LogP contribution in [-0.2, 0) is 11.2 Å². The lowest BCUT2D eigenvalue weighted by Crippen LogP contribution is -2.17. The largest absolute Gasteiger partial charge is 0.508 e. The maximum Gasteiger partial charge on any atom is 0.228 e. The third kappa shape index (κ3) is 3.08. The second-order valence-electron chi connectivity index (χ2n) is 4.71. The van der Waals surface area contributed by atoms with Gasteiger partial charge < -0.3 is 19.9 Å². The molecule has 0 unspecified atom stereocenters. The highest BCUT2D eigenvalue weighted by Gasteiger charge is 2.13. The van der Waals surface area contributed by atoms with Crippen LogP contribution in [0.15, 0.2) is 42.5 Å². The van der Waals surface area contributed by atoms with Crippen LogP contribution in [-0.4, -0.2) is 24.2 Å². The average Bonchev–Trinajstić information content (AvgIpc) is 2.49. The van der Waals surface area contributed by atoms with Crippen LogP contribution in [0.25, 0.3) is 0 Å². The van der Waals surface area contributed by atoms with Gasteiger partial charge in [-0.3, -0.25) is 4.79 Å². The number of rotatable bonds is 3. The van der Waals surface area contributed by atoms with E-state index in [1.54, 1.807) is 42.5 Å². The van der Waals surface area contributed by atoms with E-state index in [4.69, 9.17) is 9.47 Å². The lowest BCUT2D eigenvalue weighted by molar-refractivity contribution is -0.115. The molecule has 0 saturated heterocycles. The van der Waals surface area contributed by atoms with Gasteiger partial charge in [-0.05, 0) is 18.2 Å². The Labute approximate surface area is 122 Å². The summed E-state index contributed by atoms with van der Waals surface area (Å²) in [7, 11) is 0. The number of aromatic hydroxyl groups is 1. The number of amides is 1. The first-order valence-electron chi connectivity index (χ1n) is 6.69. The molecule has 2 aromatic carbocycles. The third-order valence-corrected chi connectivity index (χ3v) is 3.17. The standard InChI is InChI=1S/C16H15NO4/c18-13-4-2-1-3-11(13)9-16(19)17-12-5-6-14-15(10-12)21-8-7-20-14/h1-6,10,18H,7-9H2,(H,17,19). The fourth-order valence-corrected chi connectivity index (χ4v) is 2.16. The van der Waals surface area contributed by atoms with Crippen molar-refractivity contribution < 1.29 is 19.4 Å². The molecule has 0 bridgehead atoms. The lowest BCUT2D eigenvalue weighted by Gasteiger charge is -2.19. The van der Waals surface area contributed by atoms with Gasteiger partial charge in [0.2, 0.25) is 5.91 Å². The Morgan fingerprint density at radius 1 is 1.10 bits per heavy atom. The van der Waals surface area contributed by atoms with E-state index in [1.165, 1.54) is 0 Å². The van der Waals surface area contributed by atoms with E-state index in [0.717, 1.165) is 0 Å². The van der Waals surface area contributed by atoms with E-state index in [0.29, 0.717) is 36.0 Å². The molecule has 3 rings (SSSR count). The molecule has 0 radical (unpaired) electrons. The van der Waals surface area contributed by atoms with Crippen molar-refractivity contribution in [2.75, 3.05) is 18.5 Å². The smallest absolute Gasteiger partial charge is 0.228 e. The number of benzene rings is 2. The van der Waals surface area contributed by atoms with Crippen LogP contribution in [0.3, 0.4) is 0 Å². The monoisotopic (exact) mass is 285 g/mol. The van der Waals surface area contributed by atoms with Gasteiger partial charge in [0, 0.05) is 17.3 Å². The molecule has 21 heavy (non-hydrogen) atoms. The number of carbonyl (C=O) groups is 1. The maximum absolute atomic E-state index is 12.0. The molecular weight excluding hydrogens is 270 g/mol. The number of phenols is 1. The van der Waals surface area contributed by atoms with E-state index in [9.17, 15) is 9.90 Å². The lowest BCUT2D eigenvalue weighted by atomic mass is 10.1. The molecule has 0 spiro atoms. The highest BCUT2D eigenvalue weighted by atomic mass is 16.6. The number of hydrogen-bond donors (Lipinski definition) is 2. The molecule has 5 nitrogen and oxygen atoms in total. The highest BCUT2D eigenvalue weighted by molar-refractivity contribution is 5.92. The highest BCUT2D eigenvalue weighted by Crippen LogP contribution is 2.32. The zero-order valence-corrected chi connectivity index (χ0v) is 11.3. The molecule has 5 heteroatoms. The number of carbonyl (C=O) groups excluding carboxylic acids is 1. The summed E-state index contributed by atoms with van der Waals surface area (Å²) in [6.45, 7) is 1.04. The fourth-order valence-electron chi connectivity index (χ4n) is 2.16. The first kappa shape index (κ1) is 13.3. The van der Waals surface area contributed by atoms with E-state index >= 15 is 0 Å². The quantitative estimate of drug-likeness (QED) is 0.908. The Kier molecular flexibility index (Phi) is 3.64. The Morgan fingerprint density at radius 2 is 1.86 bits per heavy atom. The number of fused-ring (bicyclic) bond motifs is 1. The first-order chi connectivity index (χ1) is 10.2. The van der Waals surface area contributed by atoms with Crippen molar-refractivity contribution in [2.24, 2.45) is 0 Å². The molecule has 108 valence electrons. The van der Waals surface area contributed by atoms with Crippen molar-refractivity contribution in [3.63, 3.8) is 0 Å². The summed E-state index contributed by atoms with van der Waals surface area (Å²) in [4.78, 5) is 12.0. The molecule has 0 fully saturated rings. The summed E-state index contributed by atoms with van der Waals surface area (Å²) in [5, 5.41) is 12.4. The van der Waals surface area contributed by atoms with E-state index < -0.39 is 0 Å². The van der Waals surface area contributed by atoms with Gasteiger partial charge in [-0.2, -0.15) is 0 Å². The van der Waals surface area contributed by atoms with Crippen LogP contribution in [0.2, 0.25) is 0 Å². The van der Waals surface area contributed by atoms with Crippen LogP contribution in [0, 0.1) is 0 Å². The minimum Gasteiger partial charge on any atom is -0.508 e. The second-order valence-corrected chi connectivity index (χ2v) is 4.71. The summed E-state index contributed by atoms with van der Waals surface area (Å²) >= 11 is 0. The van der Waals surface area contributed by atoms with E-state index in [-0.39, 0.29) is 18.1 Å². The van der Waals surface area contributed by atoms with Crippen LogP contribution < -0.4 is 14.8 Å². The van der Waals surface area contributed by atoms with Crippen molar-refractivity contribution in [1.82, 2.24) is 0 Å². The van der Waals surface area contributed by atoms with Crippen LogP contribution in [0.4, 0.5) is 5.69 Å². The van der Waals surface area contributed by atoms with Gasteiger partial charge in [-0.15, -0.1) is 0 Å². The van der Waals surface area contributed by atoms with Crippen molar-refractivity contribution >= 4 is 11.6 Å². The third-order valence-electron chi connectivity index (χ3n) is 3.17.